The molecule has 0 bridgehead atoms. The minimum Gasteiger partial charge on any atom is -0.492 e. The van der Waals surface area contributed by atoms with Crippen LogP contribution in [-0.4, -0.2) is 25.1 Å². The van der Waals surface area contributed by atoms with Gasteiger partial charge in [-0.15, -0.1) is 0 Å². The van der Waals surface area contributed by atoms with Crippen LogP contribution in [0.2, 0.25) is 0 Å². The number of ether oxygens (including phenoxy) is 1. The number of nitrogens with one attached hydrogen (secondary N) is 1. The van der Waals surface area contributed by atoms with Gasteiger partial charge < -0.3 is 15.8 Å². The van der Waals surface area contributed by atoms with Crippen LogP contribution in [0.15, 0.2) is 24.3 Å². The second-order valence-corrected chi connectivity index (χ2v) is 5.05. The molecule has 0 fully saturated rings. The molecule has 2 atom stereocenters. The van der Waals surface area contributed by atoms with Gasteiger partial charge in [-0.05, 0) is 12.0 Å². The van der Waals surface area contributed by atoms with Crippen LogP contribution < -0.4 is 15.8 Å². The fourth-order valence-electron chi connectivity index (χ4n) is 1.96. The average Bonchev–Trinajstić information content (AvgIpc) is 2.79. The predicted octanol–water partition coefficient (Wildman–Crippen LogP) is 1.26. The molecule has 2 rings (SSSR count). The van der Waals surface area contributed by atoms with E-state index < -0.39 is 0 Å². The van der Waals surface area contributed by atoms with Gasteiger partial charge in [0.15, 0.2) is 0 Å². The lowest BCUT2D eigenvalue weighted by molar-refractivity contribution is -0.122. The smallest absolute Gasteiger partial charge is 0.231 e. The molecule has 0 radical (unpaired) electrons. The Hall–Kier alpha value is -1.55. The molecule has 98 valence electrons. The zero-order valence-corrected chi connectivity index (χ0v) is 10.8. The highest BCUT2D eigenvalue weighted by Crippen LogP contribution is 2.33. The standard InChI is InChI=1S/C14H20N2O2/c1-9(2)12(15)7-16-14(17)11-8-18-13-6-4-3-5-10(11)13/h3-6,9,11-12H,7-8,15H2,1-2H3,(H,16,17). The van der Waals surface area contributed by atoms with Crippen molar-refractivity contribution >= 4 is 5.91 Å². The third-order valence-corrected chi connectivity index (χ3v) is 3.38. The number of rotatable bonds is 4. The van der Waals surface area contributed by atoms with Gasteiger partial charge in [0.1, 0.15) is 18.3 Å². The van der Waals surface area contributed by atoms with Gasteiger partial charge in [-0.3, -0.25) is 4.79 Å². The summed E-state index contributed by atoms with van der Waals surface area (Å²) in [4.78, 5) is 12.1. The molecule has 1 aromatic carbocycles. The van der Waals surface area contributed by atoms with Gasteiger partial charge in [0.05, 0.1) is 0 Å². The van der Waals surface area contributed by atoms with Crippen molar-refractivity contribution in [3.05, 3.63) is 29.8 Å². The molecule has 1 aliphatic heterocycles. The number of carbonyl (C=O) groups is 1. The molecule has 1 aliphatic rings. The summed E-state index contributed by atoms with van der Waals surface area (Å²) < 4.78 is 5.49. The first kappa shape index (κ1) is 12.9. The SMILES string of the molecule is CC(C)C(N)CNC(=O)C1COc2ccccc21. The number of fused-ring (bicyclic) bond motifs is 1. The molecule has 1 aromatic rings. The Balaban J connectivity index is 1.95. The van der Waals surface area contributed by atoms with Crippen LogP contribution in [0.25, 0.3) is 0 Å². The summed E-state index contributed by atoms with van der Waals surface area (Å²) in [7, 11) is 0. The topological polar surface area (TPSA) is 64.3 Å². The molecule has 4 heteroatoms. The lowest BCUT2D eigenvalue weighted by Crippen LogP contribution is -2.42. The Kier molecular flexibility index (Phi) is 3.87. The molecule has 0 saturated carbocycles. The van der Waals surface area contributed by atoms with Crippen LogP contribution in [0.3, 0.4) is 0 Å². The monoisotopic (exact) mass is 248 g/mol. The number of hydrogen-bond donors (Lipinski definition) is 2. The molecule has 0 saturated heterocycles. The number of nitrogens with two attached hydrogens (primary N) is 1. The molecule has 4 nitrogen and oxygen atoms in total. The highest BCUT2D eigenvalue weighted by atomic mass is 16.5. The second kappa shape index (κ2) is 5.40. The van der Waals surface area contributed by atoms with Crippen LogP contribution >= 0.6 is 0 Å². The van der Waals surface area contributed by atoms with Crippen molar-refractivity contribution in [1.82, 2.24) is 5.32 Å². The highest BCUT2D eigenvalue weighted by Gasteiger charge is 2.29. The zero-order valence-electron chi connectivity index (χ0n) is 10.8. The van der Waals surface area contributed by atoms with Gasteiger partial charge in [-0.1, -0.05) is 32.0 Å². The van der Waals surface area contributed by atoms with Crippen LogP contribution in [0.5, 0.6) is 5.75 Å². The van der Waals surface area contributed by atoms with Crippen molar-refractivity contribution in [3.63, 3.8) is 0 Å². The number of carbonyl (C=O) groups excluding carboxylic acids is 1. The van der Waals surface area contributed by atoms with E-state index in [4.69, 9.17) is 10.5 Å². The van der Waals surface area contributed by atoms with E-state index in [1.165, 1.54) is 0 Å². The third-order valence-electron chi connectivity index (χ3n) is 3.38. The summed E-state index contributed by atoms with van der Waals surface area (Å²) in [5, 5.41) is 2.90. The van der Waals surface area contributed by atoms with Crippen molar-refractivity contribution in [1.29, 1.82) is 0 Å². The van der Waals surface area contributed by atoms with Crippen molar-refractivity contribution in [3.8, 4) is 5.75 Å². The largest absolute Gasteiger partial charge is 0.492 e. The summed E-state index contributed by atoms with van der Waals surface area (Å²) in [6, 6.07) is 7.66. The molecule has 2 unspecified atom stereocenters. The fourth-order valence-corrected chi connectivity index (χ4v) is 1.96. The summed E-state index contributed by atoms with van der Waals surface area (Å²) >= 11 is 0. The average molecular weight is 248 g/mol. The van der Waals surface area contributed by atoms with E-state index in [2.05, 4.69) is 5.32 Å². The van der Waals surface area contributed by atoms with E-state index in [1.54, 1.807) is 0 Å². The number of para-hydroxylation sites is 1. The summed E-state index contributed by atoms with van der Waals surface area (Å²) in [6.07, 6.45) is 0. The third kappa shape index (κ3) is 2.64. The molecule has 0 aliphatic carbocycles. The maximum Gasteiger partial charge on any atom is 0.231 e. The lowest BCUT2D eigenvalue weighted by atomic mass is 10.00. The maximum atomic E-state index is 12.1. The maximum absolute atomic E-state index is 12.1. The predicted molar refractivity (Wildman–Crippen MR) is 70.5 cm³/mol. The fraction of sp³-hybridized carbons (Fsp3) is 0.500. The van der Waals surface area contributed by atoms with Crippen molar-refractivity contribution in [2.24, 2.45) is 11.7 Å². The van der Waals surface area contributed by atoms with Crippen molar-refractivity contribution < 1.29 is 9.53 Å². The Morgan fingerprint density at radius 2 is 2.22 bits per heavy atom. The van der Waals surface area contributed by atoms with Gasteiger partial charge in [0.2, 0.25) is 5.91 Å². The minimum absolute atomic E-state index is 0.00366. The van der Waals surface area contributed by atoms with Crippen LogP contribution in [0.1, 0.15) is 25.3 Å². The van der Waals surface area contributed by atoms with Crippen LogP contribution in [0.4, 0.5) is 0 Å². The molecule has 3 N–H and O–H groups in total. The lowest BCUT2D eigenvalue weighted by Gasteiger charge is -2.17. The Bertz CT molecular complexity index is 432. The first-order chi connectivity index (χ1) is 8.59. The number of hydrogen-bond acceptors (Lipinski definition) is 3. The van der Waals surface area contributed by atoms with E-state index in [1.807, 2.05) is 38.1 Å². The molecule has 0 aromatic heterocycles. The van der Waals surface area contributed by atoms with Gasteiger partial charge in [-0.25, -0.2) is 0 Å². The molecule has 0 spiro atoms. The van der Waals surface area contributed by atoms with Crippen molar-refractivity contribution in [2.75, 3.05) is 13.2 Å². The second-order valence-electron chi connectivity index (χ2n) is 5.05. The zero-order chi connectivity index (χ0) is 13.1. The van der Waals surface area contributed by atoms with E-state index in [0.29, 0.717) is 19.1 Å². The number of amides is 1. The molecule has 18 heavy (non-hydrogen) atoms. The van der Waals surface area contributed by atoms with Crippen LogP contribution in [0, 0.1) is 5.92 Å². The molecular weight excluding hydrogens is 228 g/mol. The first-order valence-electron chi connectivity index (χ1n) is 6.34. The van der Waals surface area contributed by atoms with E-state index >= 15 is 0 Å². The number of benzene rings is 1. The van der Waals surface area contributed by atoms with Gasteiger partial charge in [-0.2, -0.15) is 0 Å². The minimum atomic E-state index is -0.208. The summed E-state index contributed by atoms with van der Waals surface area (Å²) in [5.41, 5.74) is 6.88. The quantitative estimate of drug-likeness (QED) is 0.843. The highest BCUT2D eigenvalue weighted by molar-refractivity contribution is 5.85. The van der Waals surface area contributed by atoms with E-state index in [-0.39, 0.29) is 17.9 Å². The van der Waals surface area contributed by atoms with Crippen molar-refractivity contribution in [2.45, 2.75) is 25.8 Å². The van der Waals surface area contributed by atoms with Gasteiger partial charge in [0.25, 0.3) is 0 Å². The molecule has 1 amide bonds. The van der Waals surface area contributed by atoms with Gasteiger partial charge in [0, 0.05) is 18.2 Å². The molecular formula is C14H20N2O2. The summed E-state index contributed by atoms with van der Waals surface area (Å²) in [6.45, 7) is 5.02. The Labute approximate surface area is 108 Å². The van der Waals surface area contributed by atoms with Crippen LogP contribution in [-0.2, 0) is 4.79 Å². The first-order valence-corrected chi connectivity index (χ1v) is 6.34. The molecule has 1 heterocycles. The Morgan fingerprint density at radius 1 is 1.50 bits per heavy atom. The Morgan fingerprint density at radius 3 is 2.94 bits per heavy atom. The van der Waals surface area contributed by atoms with Gasteiger partial charge >= 0.3 is 0 Å². The van der Waals surface area contributed by atoms with E-state index in [9.17, 15) is 4.79 Å². The normalized spacial score (nSPS) is 19.2. The van der Waals surface area contributed by atoms with E-state index in [0.717, 1.165) is 11.3 Å². The summed E-state index contributed by atoms with van der Waals surface area (Å²) in [5.74, 6) is 0.958.